The fourth-order valence-corrected chi connectivity index (χ4v) is 0.840. The largest absolute Gasteiger partial charge is 0.459 e. The highest BCUT2D eigenvalue weighted by molar-refractivity contribution is 5.91. The van der Waals surface area contributed by atoms with Crippen LogP contribution in [0.2, 0.25) is 0 Å². The SMILES string of the molecule is CN(CCO)C(=O)c1ccco1. The van der Waals surface area contributed by atoms with Crippen LogP contribution in [0.3, 0.4) is 0 Å². The first-order valence-corrected chi connectivity index (χ1v) is 3.65. The zero-order valence-corrected chi connectivity index (χ0v) is 6.86. The maximum Gasteiger partial charge on any atom is 0.289 e. The van der Waals surface area contributed by atoms with Crippen molar-refractivity contribution in [2.45, 2.75) is 0 Å². The van der Waals surface area contributed by atoms with Gasteiger partial charge in [0.2, 0.25) is 0 Å². The number of aliphatic hydroxyl groups excluding tert-OH is 1. The second-order valence-electron chi connectivity index (χ2n) is 2.43. The summed E-state index contributed by atoms with van der Waals surface area (Å²) in [6, 6.07) is 3.25. The van der Waals surface area contributed by atoms with Gasteiger partial charge in [-0.25, -0.2) is 0 Å². The van der Waals surface area contributed by atoms with Crippen molar-refractivity contribution in [3.05, 3.63) is 24.2 Å². The molecule has 0 spiro atoms. The number of rotatable bonds is 3. The number of aliphatic hydroxyl groups is 1. The first-order valence-electron chi connectivity index (χ1n) is 3.65. The van der Waals surface area contributed by atoms with Crippen molar-refractivity contribution in [3.63, 3.8) is 0 Å². The van der Waals surface area contributed by atoms with E-state index in [4.69, 9.17) is 9.52 Å². The third-order valence-corrected chi connectivity index (χ3v) is 1.51. The number of carbonyl (C=O) groups excluding carboxylic acids is 1. The molecule has 0 aliphatic rings. The second kappa shape index (κ2) is 3.92. The first-order chi connectivity index (χ1) is 5.75. The standard InChI is InChI=1S/C8H11NO3/c1-9(4-5-10)8(11)7-3-2-6-12-7/h2-3,6,10H,4-5H2,1H3. The highest BCUT2D eigenvalue weighted by Crippen LogP contribution is 2.03. The van der Waals surface area contributed by atoms with E-state index in [-0.39, 0.29) is 12.5 Å². The second-order valence-corrected chi connectivity index (χ2v) is 2.43. The molecule has 0 aliphatic carbocycles. The van der Waals surface area contributed by atoms with Crippen LogP contribution < -0.4 is 0 Å². The zero-order chi connectivity index (χ0) is 8.97. The van der Waals surface area contributed by atoms with Gasteiger partial charge in [0.15, 0.2) is 5.76 Å². The summed E-state index contributed by atoms with van der Waals surface area (Å²) in [5.74, 6) is 0.0833. The van der Waals surface area contributed by atoms with Crippen molar-refractivity contribution in [1.82, 2.24) is 4.90 Å². The number of likely N-dealkylation sites (N-methyl/N-ethyl adjacent to an activating group) is 1. The third kappa shape index (κ3) is 1.85. The van der Waals surface area contributed by atoms with Gasteiger partial charge in [-0.3, -0.25) is 4.79 Å². The highest BCUT2D eigenvalue weighted by atomic mass is 16.3. The summed E-state index contributed by atoms with van der Waals surface area (Å²) in [6.45, 7) is 0.280. The number of hydrogen-bond donors (Lipinski definition) is 1. The molecule has 4 heteroatoms. The molecule has 1 rings (SSSR count). The first kappa shape index (κ1) is 8.80. The Labute approximate surface area is 70.4 Å². The van der Waals surface area contributed by atoms with Crippen molar-refractivity contribution in [1.29, 1.82) is 0 Å². The molecular formula is C8H11NO3. The van der Waals surface area contributed by atoms with Crippen LogP contribution in [-0.4, -0.2) is 36.1 Å². The topological polar surface area (TPSA) is 53.7 Å². The number of hydrogen-bond acceptors (Lipinski definition) is 3. The van der Waals surface area contributed by atoms with E-state index in [2.05, 4.69) is 0 Å². The van der Waals surface area contributed by atoms with Crippen LogP contribution in [0.4, 0.5) is 0 Å². The van der Waals surface area contributed by atoms with Crippen molar-refractivity contribution in [2.24, 2.45) is 0 Å². The Hall–Kier alpha value is -1.29. The lowest BCUT2D eigenvalue weighted by molar-refractivity contribution is 0.0735. The lowest BCUT2D eigenvalue weighted by atomic mass is 10.4. The maximum atomic E-state index is 11.3. The van der Waals surface area contributed by atoms with E-state index in [9.17, 15) is 4.79 Å². The van der Waals surface area contributed by atoms with Gasteiger partial charge in [-0.15, -0.1) is 0 Å². The van der Waals surface area contributed by atoms with Gasteiger partial charge in [0, 0.05) is 13.6 Å². The predicted octanol–water partition coefficient (Wildman–Crippen LogP) is 0.344. The smallest absolute Gasteiger partial charge is 0.289 e. The molecule has 0 unspecified atom stereocenters. The fourth-order valence-electron chi connectivity index (χ4n) is 0.840. The molecule has 0 radical (unpaired) electrons. The summed E-state index contributed by atoms with van der Waals surface area (Å²) in [6.07, 6.45) is 1.44. The average Bonchev–Trinajstić information content (AvgIpc) is 2.55. The van der Waals surface area contributed by atoms with E-state index < -0.39 is 0 Å². The highest BCUT2D eigenvalue weighted by Gasteiger charge is 2.12. The molecule has 1 N–H and O–H groups in total. The van der Waals surface area contributed by atoms with Gasteiger partial charge in [0.05, 0.1) is 12.9 Å². The number of nitrogens with zero attached hydrogens (tertiary/aromatic N) is 1. The Kier molecular flexibility index (Phi) is 2.88. The van der Waals surface area contributed by atoms with Crippen LogP contribution >= 0.6 is 0 Å². The van der Waals surface area contributed by atoms with Crippen molar-refractivity contribution >= 4 is 5.91 Å². The molecular weight excluding hydrogens is 158 g/mol. The Morgan fingerprint density at radius 3 is 3.00 bits per heavy atom. The normalized spacial score (nSPS) is 9.83. The molecule has 0 saturated carbocycles. The molecule has 12 heavy (non-hydrogen) atoms. The average molecular weight is 169 g/mol. The Balaban J connectivity index is 2.59. The molecule has 4 nitrogen and oxygen atoms in total. The van der Waals surface area contributed by atoms with Crippen LogP contribution in [0.25, 0.3) is 0 Å². The number of furan rings is 1. The van der Waals surface area contributed by atoms with Gasteiger partial charge < -0.3 is 14.4 Å². The molecule has 0 atom stereocenters. The Morgan fingerprint density at radius 2 is 2.50 bits per heavy atom. The molecule has 1 heterocycles. The molecule has 0 aromatic carbocycles. The molecule has 1 amide bonds. The predicted molar refractivity (Wildman–Crippen MR) is 42.8 cm³/mol. The lowest BCUT2D eigenvalue weighted by Gasteiger charge is -2.13. The van der Waals surface area contributed by atoms with Crippen LogP contribution in [0.1, 0.15) is 10.6 Å². The number of amides is 1. The van der Waals surface area contributed by atoms with E-state index in [0.29, 0.717) is 12.3 Å². The van der Waals surface area contributed by atoms with Gasteiger partial charge in [-0.1, -0.05) is 0 Å². The monoisotopic (exact) mass is 169 g/mol. The van der Waals surface area contributed by atoms with Gasteiger partial charge in [-0.2, -0.15) is 0 Å². The maximum absolute atomic E-state index is 11.3. The van der Waals surface area contributed by atoms with Gasteiger partial charge in [0.1, 0.15) is 0 Å². The van der Waals surface area contributed by atoms with E-state index in [1.165, 1.54) is 11.2 Å². The summed E-state index contributed by atoms with van der Waals surface area (Å²) in [5, 5.41) is 8.56. The molecule has 1 aromatic rings. The molecule has 0 aliphatic heterocycles. The summed E-state index contributed by atoms with van der Waals surface area (Å²) >= 11 is 0. The van der Waals surface area contributed by atoms with Crippen molar-refractivity contribution in [3.8, 4) is 0 Å². The van der Waals surface area contributed by atoms with Crippen LogP contribution in [0, 0.1) is 0 Å². The van der Waals surface area contributed by atoms with Gasteiger partial charge in [-0.05, 0) is 12.1 Å². The minimum absolute atomic E-state index is 0.0387. The van der Waals surface area contributed by atoms with Crippen molar-refractivity contribution in [2.75, 3.05) is 20.2 Å². The molecule has 0 saturated heterocycles. The lowest BCUT2D eigenvalue weighted by Crippen LogP contribution is -2.29. The quantitative estimate of drug-likeness (QED) is 0.710. The van der Waals surface area contributed by atoms with Gasteiger partial charge in [0.25, 0.3) is 5.91 Å². The minimum atomic E-state index is -0.214. The van der Waals surface area contributed by atoms with Crippen LogP contribution in [0.15, 0.2) is 22.8 Å². The fraction of sp³-hybridized carbons (Fsp3) is 0.375. The summed E-state index contributed by atoms with van der Waals surface area (Å²) in [5.41, 5.74) is 0. The Morgan fingerprint density at radius 1 is 1.75 bits per heavy atom. The summed E-state index contributed by atoms with van der Waals surface area (Å²) in [7, 11) is 1.61. The summed E-state index contributed by atoms with van der Waals surface area (Å²) < 4.78 is 4.89. The van der Waals surface area contributed by atoms with Crippen LogP contribution in [0.5, 0.6) is 0 Å². The van der Waals surface area contributed by atoms with Crippen molar-refractivity contribution < 1.29 is 14.3 Å². The van der Waals surface area contributed by atoms with E-state index in [0.717, 1.165) is 0 Å². The van der Waals surface area contributed by atoms with E-state index >= 15 is 0 Å². The summed E-state index contributed by atoms with van der Waals surface area (Å²) in [4.78, 5) is 12.7. The minimum Gasteiger partial charge on any atom is -0.459 e. The van der Waals surface area contributed by atoms with E-state index in [1.54, 1.807) is 19.2 Å². The van der Waals surface area contributed by atoms with Crippen LogP contribution in [-0.2, 0) is 0 Å². The third-order valence-electron chi connectivity index (χ3n) is 1.51. The molecule has 0 bridgehead atoms. The zero-order valence-electron chi connectivity index (χ0n) is 6.86. The molecule has 0 fully saturated rings. The molecule has 66 valence electrons. The molecule has 1 aromatic heterocycles. The number of carbonyl (C=O) groups is 1. The Bertz CT molecular complexity index is 243. The van der Waals surface area contributed by atoms with Gasteiger partial charge >= 0.3 is 0 Å². The van der Waals surface area contributed by atoms with E-state index in [1.807, 2.05) is 0 Å².